The molecule has 0 aliphatic rings. The zero-order valence-electron chi connectivity index (χ0n) is 18.1. The molecule has 6 nitrogen and oxygen atoms in total. The van der Waals surface area contributed by atoms with Crippen LogP contribution in [0.4, 0.5) is 4.79 Å². The van der Waals surface area contributed by atoms with Crippen molar-refractivity contribution in [3.05, 3.63) is 52.8 Å². The Labute approximate surface area is 169 Å². The third-order valence-electron chi connectivity index (χ3n) is 4.81. The molecule has 0 bridgehead atoms. The van der Waals surface area contributed by atoms with E-state index in [-0.39, 0.29) is 12.1 Å². The van der Waals surface area contributed by atoms with Gasteiger partial charge in [0.1, 0.15) is 0 Å². The third kappa shape index (κ3) is 6.68. The average Bonchev–Trinajstić information content (AvgIpc) is 2.86. The SMILES string of the molecule is Cc1nn(Cc2ccccc2)c(C)c1CNC(=O)NC(CC(C)C)CN(C)C. The quantitative estimate of drug-likeness (QED) is 0.696. The maximum atomic E-state index is 12.4. The number of aromatic nitrogens is 2. The Morgan fingerprint density at radius 2 is 1.86 bits per heavy atom. The number of amides is 2. The fourth-order valence-electron chi connectivity index (χ4n) is 3.49. The minimum atomic E-state index is -0.123. The summed E-state index contributed by atoms with van der Waals surface area (Å²) in [5.74, 6) is 0.533. The van der Waals surface area contributed by atoms with Crippen molar-refractivity contribution in [3.63, 3.8) is 0 Å². The summed E-state index contributed by atoms with van der Waals surface area (Å²) in [6.45, 7) is 10.5. The summed E-state index contributed by atoms with van der Waals surface area (Å²) in [5, 5.41) is 10.8. The zero-order chi connectivity index (χ0) is 20.7. The number of carbonyl (C=O) groups is 1. The van der Waals surface area contributed by atoms with E-state index in [1.807, 2.05) is 43.9 Å². The lowest BCUT2D eigenvalue weighted by molar-refractivity contribution is 0.228. The number of hydrogen-bond acceptors (Lipinski definition) is 3. The van der Waals surface area contributed by atoms with E-state index >= 15 is 0 Å². The highest BCUT2D eigenvalue weighted by Gasteiger charge is 2.16. The van der Waals surface area contributed by atoms with Gasteiger partial charge in [-0.3, -0.25) is 4.68 Å². The number of nitrogens with zero attached hydrogens (tertiary/aromatic N) is 3. The van der Waals surface area contributed by atoms with E-state index in [4.69, 9.17) is 0 Å². The fourth-order valence-corrected chi connectivity index (χ4v) is 3.49. The second kappa shape index (κ2) is 10.3. The average molecular weight is 386 g/mol. The number of rotatable bonds is 9. The molecule has 1 atom stereocenters. The molecular formula is C22H35N5O. The van der Waals surface area contributed by atoms with E-state index < -0.39 is 0 Å². The lowest BCUT2D eigenvalue weighted by Crippen LogP contribution is -2.46. The lowest BCUT2D eigenvalue weighted by Gasteiger charge is -2.24. The van der Waals surface area contributed by atoms with Gasteiger partial charge in [-0.05, 0) is 45.8 Å². The summed E-state index contributed by atoms with van der Waals surface area (Å²) in [4.78, 5) is 14.5. The van der Waals surface area contributed by atoms with Crippen LogP contribution in [-0.2, 0) is 13.1 Å². The Bertz CT molecular complexity index is 742. The van der Waals surface area contributed by atoms with Gasteiger partial charge in [0.15, 0.2) is 0 Å². The normalized spacial score (nSPS) is 12.4. The van der Waals surface area contributed by atoms with Crippen LogP contribution in [-0.4, -0.2) is 47.4 Å². The number of nitrogens with one attached hydrogen (secondary N) is 2. The summed E-state index contributed by atoms with van der Waals surface area (Å²) < 4.78 is 2.01. The zero-order valence-corrected chi connectivity index (χ0v) is 18.1. The highest BCUT2D eigenvalue weighted by Crippen LogP contribution is 2.15. The maximum absolute atomic E-state index is 12.4. The molecule has 1 aromatic carbocycles. The largest absolute Gasteiger partial charge is 0.334 e. The molecule has 0 saturated carbocycles. The molecular weight excluding hydrogens is 350 g/mol. The van der Waals surface area contributed by atoms with Gasteiger partial charge in [-0.15, -0.1) is 0 Å². The third-order valence-corrected chi connectivity index (χ3v) is 4.81. The van der Waals surface area contributed by atoms with Crippen LogP contribution < -0.4 is 10.6 Å². The Hall–Kier alpha value is -2.34. The molecule has 0 radical (unpaired) electrons. The Balaban J connectivity index is 1.96. The first-order chi connectivity index (χ1) is 13.3. The minimum Gasteiger partial charge on any atom is -0.334 e. The smallest absolute Gasteiger partial charge is 0.315 e. The van der Waals surface area contributed by atoms with E-state index in [1.165, 1.54) is 5.56 Å². The Morgan fingerprint density at radius 3 is 2.46 bits per heavy atom. The van der Waals surface area contributed by atoms with E-state index in [0.717, 1.165) is 36.5 Å². The van der Waals surface area contributed by atoms with E-state index in [2.05, 4.69) is 53.5 Å². The molecule has 1 aromatic heterocycles. The first kappa shape index (κ1) is 22.0. The van der Waals surface area contributed by atoms with E-state index in [1.54, 1.807) is 0 Å². The predicted octanol–water partition coefficient (Wildman–Crippen LogP) is 3.32. The summed E-state index contributed by atoms with van der Waals surface area (Å²) in [5.41, 5.74) is 4.35. The van der Waals surface area contributed by atoms with Gasteiger partial charge in [-0.2, -0.15) is 5.10 Å². The van der Waals surface area contributed by atoms with Crippen molar-refractivity contribution in [3.8, 4) is 0 Å². The number of carbonyl (C=O) groups excluding carboxylic acids is 1. The highest BCUT2D eigenvalue weighted by molar-refractivity contribution is 5.74. The van der Waals surface area contributed by atoms with Crippen LogP contribution in [0.2, 0.25) is 0 Å². The number of likely N-dealkylation sites (N-methyl/N-ethyl adjacent to an activating group) is 1. The second-order valence-corrected chi connectivity index (χ2v) is 8.21. The van der Waals surface area contributed by atoms with Crippen molar-refractivity contribution in [2.75, 3.05) is 20.6 Å². The van der Waals surface area contributed by atoms with Gasteiger partial charge in [-0.1, -0.05) is 44.2 Å². The van der Waals surface area contributed by atoms with Crippen LogP contribution in [0.3, 0.4) is 0 Å². The van der Waals surface area contributed by atoms with E-state index in [0.29, 0.717) is 12.5 Å². The predicted molar refractivity (Wildman–Crippen MR) is 114 cm³/mol. The summed E-state index contributed by atoms with van der Waals surface area (Å²) in [7, 11) is 4.06. The molecule has 0 fully saturated rings. The van der Waals surface area contributed by atoms with Gasteiger partial charge < -0.3 is 15.5 Å². The van der Waals surface area contributed by atoms with Gasteiger partial charge in [0, 0.05) is 30.4 Å². The topological polar surface area (TPSA) is 62.2 Å². The standard InChI is InChI=1S/C22H35N5O/c1-16(2)12-20(15-26(5)6)24-22(28)23-13-21-17(3)25-27(18(21)4)14-19-10-8-7-9-11-19/h7-11,16,20H,12-15H2,1-6H3,(H2,23,24,28). The summed E-state index contributed by atoms with van der Waals surface area (Å²) >= 11 is 0. The first-order valence-corrected chi connectivity index (χ1v) is 10.0. The van der Waals surface area contributed by atoms with Gasteiger partial charge in [0.2, 0.25) is 0 Å². The van der Waals surface area contributed by atoms with Gasteiger partial charge >= 0.3 is 6.03 Å². The van der Waals surface area contributed by atoms with Crippen molar-refractivity contribution in [1.82, 2.24) is 25.3 Å². The van der Waals surface area contributed by atoms with Gasteiger partial charge in [-0.25, -0.2) is 4.79 Å². The molecule has 28 heavy (non-hydrogen) atoms. The van der Waals surface area contributed by atoms with E-state index in [9.17, 15) is 4.79 Å². The molecule has 2 amide bonds. The van der Waals surface area contributed by atoms with Gasteiger partial charge in [0.25, 0.3) is 0 Å². The summed E-state index contributed by atoms with van der Waals surface area (Å²) in [6, 6.07) is 10.3. The molecule has 2 aromatic rings. The Kier molecular flexibility index (Phi) is 8.05. The first-order valence-electron chi connectivity index (χ1n) is 10.0. The van der Waals surface area contributed by atoms with Crippen molar-refractivity contribution < 1.29 is 4.79 Å². The molecule has 0 aliphatic carbocycles. The second-order valence-electron chi connectivity index (χ2n) is 8.21. The van der Waals surface area contributed by atoms with Gasteiger partial charge in [0.05, 0.1) is 12.2 Å². The maximum Gasteiger partial charge on any atom is 0.315 e. The fraction of sp³-hybridized carbons (Fsp3) is 0.545. The van der Waals surface area contributed by atoms with Crippen LogP contribution in [0.25, 0.3) is 0 Å². The number of hydrogen-bond donors (Lipinski definition) is 2. The van der Waals surface area contributed by atoms with Crippen LogP contribution in [0, 0.1) is 19.8 Å². The highest BCUT2D eigenvalue weighted by atomic mass is 16.2. The molecule has 1 unspecified atom stereocenters. The Morgan fingerprint density at radius 1 is 1.18 bits per heavy atom. The van der Waals surface area contributed by atoms with Crippen LogP contribution >= 0.6 is 0 Å². The van der Waals surface area contributed by atoms with Crippen molar-refractivity contribution >= 4 is 6.03 Å². The van der Waals surface area contributed by atoms with Crippen LogP contribution in [0.5, 0.6) is 0 Å². The monoisotopic (exact) mass is 385 g/mol. The van der Waals surface area contributed by atoms with Crippen molar-refractivity contribution in [1.29, 1.82) is 0 Å². The molecule has 0 aliphatic heterocycles. The molecule has 1 heterocycles. The lowest BCUT2D eigenvalue weighted by atomic mass is 10.0. The van der Waals surface area contributed by atoms with Crippen LogP contribution in [0.1, 0.15) is 42.8 Å². The van der Waals surface area contributed by atoms with Crippen molar-refractivity contribution in [2.45, 2.75) is 53.2 Å². The summed E-state index contributed by atoms with van der Waals surface area (Å²) in [6.07, 6.45) is 0.957. The number of urea groups is 1. The molecule has 0 spiro atoms. The molecule has 154 valence electrons. The minimum absolute atomic E-state index is 0.123. The molecule has 0 saturated heterocycles. The number of benzene rings is 1. The van der Waals surface area contributed by atoms with Crippen molar-refractivity contribution in [2.24, 2.45) is 5.92 Å². The molecule has 6 heteroatoms. The molecule has 2 rings (SSSR count). The number of aryl methyl sites for hydroxylation is 1. The van der Waals surface area contributed by atoms with Crippen LogP contribution in [0.15, 0.2) is 30.3 Å². The molecule has 2 N–H and O–H groups in total.